The molecule has 0 saturated carbocycles. The van der Waals surface area contributed by atoms with Crippen LogP contribution in [0.1, 0.15) is 46.1 Å². The number of carbonyl (C=O) groups is 2. The van der Waals surface area contributed by atoms with Crippen LogP contribution >= 0.6 is 23.1 Å². The first kappa shape index (κ1) is 21.5. The van der Waals surface area contributed by atoms with Crippen LogP contribution in [0.15, 0.2) is 34.8 Å². The van der Waals surface area contributed by atoms with Crippen LogP contribution in [0.25, 0.3) is 5.69 Å². The molecule has 1 aliphatic rings. The fourth-order valence-electron chi connectivity index (χ4n) is 3.45. The molecule has 1 aliphatic heterocycles. The molecular weight excluding hydrogens is 432 g/mol. The van der Waals surface area contributed by atoms with Gasteiger partial charge in [-0.25, -0.2) is 4.98 Å². The molecule has 0 aliphatic carbocycles. The molecule has 3 aromatic rings. The van der Waals surface area contributed by atoms with Crippen molar-refractivity contribution in [3.8, 4) is 5.69 Å². The van der Waals surface area contributed by atoms with Crippen LogP contribution in [0.3, 0.4) is 0 Å². The maximum atomic E-state index is 12.6. The monoisotopic (exact) mass is 456 g/mol. The number of hydrogen-bond acceptors (Lipinski definition) is 7. The first-order valence-electron chi connectivity index (χ1n) is 10.2. The molecule has 0 spiro atoms. The zero-order chi connectivity index (χ0) is 21.8. The predicted octanol–water partition coefficient (Wildman–Crippen LogP) is 3.03. The van der Waals surface area contributed by atoms with Crippen molar-refractivity contribution in [2.24, 2.45) is 0 Å². The Balaban J connectivity index is 1.42. The third-order valence-electron chi connectivity index (χ3n) is 5.10. The van der Waals surface area contributed by atoms with E-state index in [0.29, 0.717) is 24.4 Å². The van der Waals surface area contributed by atoms with E-state index in [4.69, 9.17) is 0 Å². The van der Waals surface area contributed by atoms with E-state index in [1.54, 1.807) is 5.38 Å². The average molecular weight is 457 g/mol. The van der Waals surface area contributed by atoms with Crippen molar-refractivity contribution in [2.75, 3.05) is 6.54 Å². The molecule has 2 N–H and O–H groups in total. The number of aromatic nitrogens is 4. The average Bonchev–Trinajstić information content (AvgIpc) is 3.32. The molecule has 10 heteroatoms. The molecule has 1 saturated heterocycles. The van der Waals surface area contributed by atoms with Gasteiger partial charge in [-0.1, -0.05) is 30.0 Å². The molecule has 2 aromatic heterocycles. The van der Waals surface area contributed by atoms with Gasteiger partial charge in [0.2, 0.25) is 5.91 Å². The number of rotatable bonds is 6. The first-order valence-corrected chi connectivity index (χ1v) is 12.0. The Labute approximate surface area is 188 Å². The Hall–Kier alpha value is -2.72. The number of carbonyl (C=O) groups excluding carboxylic acids is 2. The highest BCUT2D eigenvalue weighted by atomic mass is 32.2. The Morgan fingerprint density at radius 1 is 1.29 bits per heavy atom. The molecular formula is C21H24N6O2S2. The number of hydrogen-bond donors (Lipinski definition) is 2. The van der Waals surface area contributed by atoms with Crippen molar-refractivity contribution in [3.63, 3.8) is 0 Å². The first-order chi connectivity index (χ1) is 15.0. The van der Waals surface area contributed by atoms with Gasteiger partial charge in [-0.05, 0) is 44.7 Å². The highest BCUT2D eigenvalue weighted by Gasteiger charge is 2.24. The molecule has 162 valence electrons. The number of thioether (sulfide) groups is 1. The van der Waals surface area contributed by atoms with Crippen LogP contribution in [0.5, 0.6) is 0 Å². The van der Waals surface area contributed by atoms with Crippen molar-refractivity contribution >= 4 is 34.9 Å². The van der Waals surface area contributed by atoms with Gasteiger partial charge in [-0.15, -0.1) is 21.5 Å². The summed E-state index contributed by atoms with van der Waals surface area (Å²) < 4.78 is 2.03. The van der Waals surface area contributed by atoms with Crippen molar-refractivity contribution in [3.05, 3.63) is 51.7 Å². The molecule has 0 bridgehead atoms. The quantitative estimate of drug-likeness (QED) is 0.553. The molecule has 4 rings (SSSR count). The Morgan fingerprint density at radius 3 is 2.97 bits per heavy atom. The molecule has 1 unspecified atom stereocenters. The van der Waals surface area contributed by atoms with E-state index in [1.165, 1.54) is 23.1 Å². The normalized spacial score (nSPS) is 16.6. The summed E-state index contributed by atoms with van der Waals surface area (Å²) in [4.78, 5) is 29.1. The van der Waals surface area contributed by atoms with Crippen LogP contribution in [-0.4, -0.2) is 44.1 Å². The molecule has 1 fully saturated rings. The number of amides is 2. The molecule has 3 heterocycles. The van der Waals surface area contributed by atoms with Gasteiger partial charge < -0.3 is 10.6 Å². The Morgan fingerprint density at radius 2 is 2.13 bits per heavy atom. The van der Waals surface area contributed by atoms with Crippen molar-refractivity contribution in [1.82, 2.24) is 30.4 Å². The number of nitrogens with one attached hydrogen (secondary N) is 2. The minimum atomic E-state index is -0.495. The second-order valence-electron chi connectivity index (χ2n) is 7.38. The summed E-state index contributed by atoms with van der Waals surface area (Å²) in [5, 5.41) is 17.5. The van der Waals surface area contributed by atoms with Crippen LogP contribution in [0, 0.1) is 13.8 Å². The molecule has 2 amide bonds. The standard InChI is InChI=1S/C21H24N6O2S2/c1-13-7-3-4-9-17(13)27-14(2)25-26-21(27)31-12-18-23-16(11-30-18)20(29)24-15-8-5-6-10-22-19(15)28/h3-4,7,9,11,15H,5-6,8,10,12H2,1-2H3,(H,22,28)(H,24,29). The van der Waals surface area contributed by atoms with E-state index < -0.39 is 6.04 Å². The zero-order valence-electron chi connectivity index (χ0n) is 17.4. The Bertz CT molecular complexity index is 1090. The van der Waals surface area contributed by atoms with Crippen molar-refractivity contribution in [2.45, 2.75) is 50.1 Å². The van der Waals surface area contributed by atoms with Crippen LogP contribution in [-0.2, 0) is 10.5 Å². The summed E-state index contributed by atoms with van der Waals surface area (Å²) in [6, 6.07) is 7.61. The van der Waals surface area contributed by atoms with Gasteiger partial charge in [0.05, 0.1) is 11.4 Å². The van der Waals surface area contributed by atoms with Crippen LogP contribution in [0.2, 0.25) is 0 Å². The summed E-state index contributed by atoms with van der Waals surface area (Å²) in [5.74, 6) is 0.959. The Kier molecular flexibility index (Phi) is 6.67. The predicted molar refractivity (Wildman–Crippen MR) is 121 cm³/mol. The summed E-state index contributed by atoms with van der Waals surface area (Å²) in [6.45, 7) is 4.65. The fourth-order valence-corrected chi connectivity index (χ4v) is 5.23. The smallest absolute Gasteiger partial charge is 0.271 e. The molecule has 0 radical (unpaired) electrons. The highest BCUT2D eigenvalue weighted by Crippen LogP contribution is 2.27. The number of nitrogens with zero attached hydrogens (tertiary/aromatic N) is 4. The van der Waals surface area contributed by atoms with E-state index in [1.807, 2.05) is 29.7 Å². The van der Waals surface area contributed by atoms with Crippen molar-refractivity contribution in [1.29, 1.82) is 0 Å². The summed E-state index contributed by atoms with van der Waals surface area (Å²) in [5.41, 5.74) is 2.53. The number of thiazole rings is 1. The lowest BCUT2D eigenvalue weighted by atomic mass is 10.1. The van der Waals surface area contributed by atoms with E-state index >= 15 is 0 Å². The van der Waals surface area contributed by atoms with Gasteiger partial charge in [-0.2, -0.15) is 0 Å². The van der Waals surface area contributed by atoms with Crippen molar-refractivity contribution < 1.29 is 9.59 Å². The second-order valence-corrected chi connectivity index (χ2v) is 9.26. The molecule has 8 nitrogen and oxygen atoms in total. The molecule has 1 aromatic carbocycles. The van der Waals surface area contributed by atoms with E-state index in [9.17, 15) is 9.59 Å². The fraction of sp³-hybridized carbons (Fsp3) is 0.381. The maximum Gasteiger partial charge on any atom is 0.271 e. The summed E-state index contributed by atoms with van der Waals surface area (Å²) in [7, 11) is 0. The van der Waals surface area contributed by atoms with E-state index in [2.05, 4.69) is 38.8 Å². The maximum absolute atomic E-state index is 12.6. The minimum Gasteiger partial charge on any atom is -0.354 e. The zero-order valence-corrected chi connectivity index (χ0v) is 19.1. The topological polar surface area (TPSA) is 102 Å². The molecule has 1 atom stereocenters. The van der Waals surface area contributed by atoms with Crippen LogP contribution < -0.4 is 10.6 Å². The lowest BCUT2D eigenvalue weighted by Crippen LogP contribution is -2.45. The van der Waals surface area contributed by atoms with Crippen LogP contribution in [0.4, 0.5) is 0 Å². The number of aryl methyl sites for hydroxylation is 2. The van der Waals surface area contributed by atoms with Gasteiger partial charge in [0.1, 0.15) is 22.6 Å². The SMILES string of the molecule is Cc1ccccc1-n1c(C)nnc1SCc1nc(C(=O)NC2CCCCNC2=O)cs1. The lowest BCUT2D eigenvalue weighted by molar-refractivity contribution is -0.122. The summed E-state index contributed by atoms with van der Waals surface area (Å²) in [6.07, 6.45) is 2.49. The lowest BCUT2D eigenvalue weighted by Gasteiger charge is -2.14. The van der Waals surface area contributed by atoms with E-state index in [-0.39, 0.29) is 11.8 Å². The number of benzene rings is 1. The highest BCUT2D eigenvalue weighted by molar-refractivity contribution is 7.98. The third kappa shape index (κ3) is 4.96. The summed E-state index contributed by atoms with van der Waals surface area (Å²) >= 11 is 2.95. The largest absolute Gasteiger partial charge is 0.354 e. The van der Waals surface area contributed by atoms with Gasteiger partial charge >= 0.3 is 0 Å². The van der Waals surface area contributed by atoms with Gasteiger partial charge in [-0.3, -0.25) is 14.2 Å². The minimum absolute atomic E-state index is 0.122. The molecule has 31 heavy (non-hydrogen) atoms. The van der Waals surface area contributed by atoms with Gasteiger partial charge in [0.25, 0.3) is 5.91 Å². The number of para-hydroxylation sites is 1. The third-order valence-corrected chi connectivity index (χ3v) is 7.07. The van der Waals surface area contributed by atoms with Gasteiger partial charge in [0, 0.05) is 11.9 Å². The van der Waals surface area contributed by atoms with Gasteiger partial charge in [0.15, 0.2) is 5.16 Å². The second kappa shape index (κ2) is 9.61. The van der Waals surface area contributed by atoms with E-state index in [0.717, 1.165) is 40.1 Å².